The second kappa shape index (κ2) is 5.11. The number of hydrogen-bond acceptors (Lipinski definition) is 2. The van der Waals surface area contributed by atoms with Crippen molar-refractivity contribution in [2.45, 2.75) is 31.5 Å². The third kappa shape index (κ3) is 3.19. The molecule has 6 heteroatoms. The van der Waals surface area contributed by atoms with E-state index >= 15 is 0 Å². The number of aliphatic carboxylic acids is 1. The van der Waals surface area contributed by atoms with Crippen molar-refractivity contribution in [3.05, 3.63) is 29.8 Å². The second-order valence-corrected chi connectivity index (χ2v) is 4.57. The van der Waals surface area contributed by atoms with Crippen molar-refractivity contribution < 1.29 is 27.8 Å². The molecular weight excluding hydrogens is 261 g/mol. The van der Waals surface area contributed by atoms with Crippen LogP contribution in [0.1, 0.15) is 30.7 Å². The van der Waals surface area contributed by atoms with Crippen molar-refractivity contribution in [1.82, 2.24) is 0 Å². The Hall–Kier alpha value is -1.72. The molecule has 0 saturated heterocycles. The van der Waals surface area contributed by atoms with E-state index in [4.69, 9.17) is 5.11 Å². The summed E-state index contributed by atoms with van der Waals surface area (Å²) in [4.78, 5) is 11.1. The predicted molar refractivity (Wildman–Crippen MR) is 60.8 cm³/mol. The SMILES string of the molecule is O=C(O)C1CCCC1c1ccccc1OC(F)(F)F. The van der Waals surface area contributed by atoms with Gasteiger partial charge in [-0.2, -0.15) is 0 Å². The van der Waals surface area contributed by atoms with Gasteiger partial charge in [-0.1, -0.05) is 24.6 Å². The van der Waals surface area contributed by atoms with Crippen molar-refractivity contribution in [3.63, 3.8) is 0 Å². The highest BCUT2D eigenvalue weighted by atomic mass is 19.4. The van der Waals surface area contributed by atoms with Gasteiger partial charge < -0.3 is 9.84 Å². The summed E-state index contributed by atoms with van der Waals surface area (Å²) in [6.07, 6.45) is -3.02. The molecule has 0 heterocycles. The number of carboxylic acids is 1. The van der Waals surface area contributed by atoms with Crippen LogP contribution in [0.3, 0.4) is 0 Å². The molecule has 2 unspecified atom stereocenters. The summed E-state index contributed by atoms with van der Waals surface area (Å²) in [6, 6.07) is 5.76. The molecule has 1 aromatic rings. The molecule has 19 heavy (non-hydrogen) atoms. The third-order valence-electron chi connectivity index (χ3n) is 3.38. The largest absolute Gasteiger partial charge is 0.573 e. The van der Waals surface area contributed by atoms with Gasteiger partial charge in [-0.25, -0.2) is 0 Å². The predicted octanol–water partition coefficient (Wildman–Crippen LogP) is 3.55. The van der Waals surface area contributed by atoms with Crippen LogP contribution >= 0.6 is 0 Å². The zero-order chi connectivity index (χ0) is 14.0. The number of ether oxygens (including phenoxy) is 1. The first kappa shape index (κ1) is 13.7. The highest BCUT2D eigenvalue weighted by molar-refractivity contribution is 5.72. The van der Waals surface area contributed by atoms with Crippen molar-refractivity contribution in [3.8, 4) is 5.75 Å². The number of carboxylic acid groups (broad SMARTS) is 1. The van der Waals surface area contributed by atoms with Crippen molar-refractivity contribution in [2.75, 3.05) is 0 Å². The molecule has 1 aliphatic carbocycles. The van der Waals surface area contributed by atoms with Crippen molar-refractivity contribution in [2.24, 2.45) is 5.92 Å². The Kier molecular flexibility index (Phi) is 3.68. The second-order valence-electron chi connectivity index (χ2n) is 4.57. The first-order valence-electron chi connectivity index (χ1n) is 5.96. The quantitative estimate of drug-likeness (QED) is 0.916. The number of carbonyl (C=O) groups is 1. The van der Waals surface area contributed by atoms with Crippen LogP contribution in [0.2, 0.25) is 0 Å². The van der Waals surface area contributed by atoms with Gasteiger partial charge in [-0.3, -0.25) is 4.79 Å². The summed E-state index contributed by atoms with van der Waals surface area (Å²) >= 11 is 0. The van der Waals surface area contributed by atoms with Crippen LogP contribution in [0, 0.1) is 5.92 Å². The van der Waals surface area contributed by atoms with E-state index in [0.29, 0.717) is 24.8 Å². The fraction of sp³-hybridized carbons (Fsp3) is 0.462. The molecule has 1 aromatic carbocycles. The van der Waals surface area contributed by atoms with E-state index in [1.807, 2.05) is 0 Å². The fourth-order valence-corrected chi connectivity index (χ4v) is 2.63. The minimum atomic E-state index is -4.77. The molecule has 1 aliphatic rings. The summed E-state index contributed by atoms with van der Waals surface area (Å²) < 4.78 is 41.0. The van der Waals surface area contributed by atoms with Crippen molar-refractivity contribution >= 4 is 5.97 Å². The average Bonchev–Trinajstić information content (AvgIpc) is 2.76. The summed E-state index contributed by atoms with van der Waals surface area (Å²) in [7, 11) is 0. The summed E-state index contributed by atoms with van der Waals surface area (Å²) in [6.45, 7) is 0. The molecule has 0 radical (unpaired) electrons. The third-order valence-corrected chi connectivity index (χ3v) is 3.38. The van der Waals surface area contributed by atoms with Gasteiger partial charge in [0.2, 0.25) is 0 Å². The van der Waals surface area contributed by atoms with Gasteiger partial charge in [0, 0.05) is 5.92 Å². The maximum absolute atomic E-state index is 12.3. The van der Waals surface area contributed by atoms with E-state index < -0.39 is 24.2 Å². The van der Waals surface area contributed by atoms with Gasteiger partial charge >= 0.3 is 12.3 Å². The Morgan fingerprint density at radius 3 is 2.58 bits per heavy atom. The van der Waals surface area contributed by atoms with Gasteiger partial charge in [0.15, 0.2) is 0 Å². The zero-order valence-corrected chi connectivity index (χ0v) is 9.98. The first-order valence-corrected chi connectivity index (χ1v) is 5.96. The highest BCUT2D eigenvalue weighted by Crippen LogP contribution is 2.44. The summed E-state index contributed by atoms with van der Waals surface area (Å²) in [5, 5.41) is 9.11. The molecule has 3 nitrogen and oxygen atoms in total. The highest BCUT2D eigenvalue weighted by Gasteiger charge is 2.38. The minimum Gasteiger partial charge on any atom is -0.481 e. The van der Waals surface area contributed by atoms with Crippen molar-refractivity contribution in [1.29, 1.82) is 0 Å². The standard InChI is InChI=1S/C13H13F3O3/c14-13(15,16)19-11-7-2-1-4-9(11)8-5-3-6-10(8)12(17)18/h1-2,4,7-8,10H,3,5-6H2,(H,17,18). The Morgan fingerprint density at radius 1 is 1.26 bits per heavy atom. The molecule has 0 spiro atoms. The van der Waals surface area contributed by atoms with Crippen LogP contribution in [0.4, 0.5) is 13.2 Å². The van der Waals surface area contributed by atoms with E-state index in [9.17, 15) is 18.0 Å². The monoisotopic (exact) mass is 274 g/mol. The number of hydrogen-bond donors (Lipinski definition) is 1. The van der Waals surface area contributed by atoms with Gasteiger partial charge in [0.1, 0.15) is 5.75 Å². The molecule has 1 N–H and O–H groups in total. The van der Waals surface area contributed by atoms with Gasteiger partial charge in [0.05, 0.1) is 5.92 Å². The van der Waals surface area contributed by atoms with E-state index in [0.717, 1.165) is 0 Å². The number of halogens is 3. The van der Waals surface area contributed by atoms with Crippen LogP contribution in [-0.2, 0) is 4.79 Å². The summed E-state index contributed by atoms with van der Waals surface area (Å²) in [5.41, 5.74) is 0.324. The van der Waals surface area contributed by atoms with Crippen LogP contribution in [0.15, 0.2) is 24.3 Å². The van der Waals surface area contributed by atoms with Gasteiger partial charge in [0.25, 0.3) is 0 Å². The molecule has 0 aliphatic heterocycles. The number of benzene rings is 1. The van der Waals surface area contributed by atoms with Crippen LogP contribution in [0.25, 0.3) is 0 Å². The van der Waals surface area contributed by atoms with E-state index in [-0.39, 0.29) is 5.75 Å². The molecule has 0 aromatic heterocycles. The van der Waals surface area contributed by atoms with Crippen LogP contribution in [0.5, 0.6) is 5.75 Å². The zero-order valence-electron chi connectivity index (χ0n) is 9.98. The Bertz CT molecular complexity index is 470. The first-order chi connectivity index (χ1) is 8.88. The Morgan fingerprint density at radius 2 is 1.95 bits per heavy atom. The Labute approximate surface area is 108 Å². The molecule has 1 saturated carbocycles. The normalized spacial score (nSPS) is 23.3. The number of para-hydroxylation sites is 1. The van der Waals surface area contributed by atoms with Crippen LogP contribution < -0.4 is 4.74 Å². The molecule has 1 fully saturated rings. The minimum absolute atomic E-state index is 0.298. The van der Waals surface area contributed by atoms with E-state index in [1.54, 1.807) is 6.07 Å². The molecule has 0 amide bonds. The molecule has 104 valence electrons. The van der Waals surface area contributed by atoms with Gasteiger partial charge in [-0.15, -0.1) is 13.2 Å². The topological polar surface area (TPSA) is 46.5 Å². The van der Waals surface area contributed by atoms with Gasteiger partial charge in [-0.05, 0) is 24.5 Å². The van der Waals surface area contributed by atoms with E-state index in [2.05, 4.69) is 4.74 Å². The lowest BCUT2D eigenvalue weighted by Gasteiger charge is -2.20. The molecule has 2 atom stereocenters. The lowest BCUT2D eigenvalue weighted by Crippen LogP contribution is -2.21. The molecular formula is C13H13F3O3. The average molecular weight is 274 g/mol. The van der Waals surface area contributed by atoms with E-state index in [1.165, 1.54) is 18.2 Å². The lowest BCUT2D eigenvalue weighted by atomic mass is 9.88. The van der Waals surface area contributed by atoms with Crippen LogP contribution in [-0.4, -0.2) is 17.4 Å². The fourth-order valence-electron chi connectivity index (χ4n) is 2.63. The number of rotatable bonds is 3. The maximum atomic E-state index is 12.3. The Balaban J connectivity index is 2.31. The molecule has 2 rings (SSSR count). The number of alkyl halides is 3. The lowest BCUT2D eigenvalue weighted by molar-refractivity contribution is -0.275. The molecule has 0 bridgehead atoms. The maximum Gasteiger partial charge on any atom is 0.573 e. The smallest absolute Gasteiger partial charge is 0.481 e. The summed E-state index contributed by atoms with van der Waals surface area (Å²) in [5.74, 6) is -2.33.